The predicted molar refractivity (Wildman–Crippen MR) is 66.1 cm³/mol. The highest BCUT2D eigenvalue weighted by molar-refractivity contribution is 5.32. The molecule has 2 heterocycles. The standard InChI is InChI=1S/C14H21NO2/c1-9-8-11-13(4-3-5-14(11)16)15(9)12-6-7-17-10(12)2/h8,10,12,14,16H,3-7H2,1-2H3. The van der Waals surface area contributed by atoms with Gasteiger partial charge in [0.1, 0.15) is 0 Å². The average Bonchev–Trinajstić information content (AvgIpc) is 2.83. The molecule has 1 fully saturated rings. The van der Waals surface area contributed by atoms with E-state index in [-0.39, 0.29) is 6.10 Å². The van der Waals surface area contributed by atoms with E-state index in [9.17, 15) is 5.11 Å². The molecule has 0 amide bonds. The van der Waals surface area contributed by atoms with E-state index in [2.05, 4.69) is 24.5 Å². The van der Waals surface area contributed by atoms with E-state index in [1.807, 2.05) is 0 Å². The Balaban J connectivity index is 2.04. The van der Waals surface area contributed by atoms with Gasteiger partial charge < -0.3 is 14.4 Å². The summed E-state index contributed by atoms with van der Waals surface area (Å²) in [5, 5.41) is 10.1. The van der Waals surface area contributed by atoms with Crippen molar-refractivity contribution in [3.63, 3.8) is 0 Å². The van der Waals surface area contributed by atoms with Gasteiger partial charge in [-0.15, -0.1) is 0 Å². The number of aliphatic hydroxyl groups excluding tert-OH is 1. The Morgan fingerprint density at radius 3 is 2.94 bits per heavy atom. The molecule has 3 rings (SSSR count). The maximum absolute atomic E-state index is 10.1. The van der Waals surface area contributed by atoms with E-state index in [0.29, 0.717) is 12.1 Å². The minimum atomic E-state index is -0.253. The summed E-state index contributed by atoms with van der Waals surface area (Å²) in [4.78, 5) is 0. The molecule has 17 heavy (non-hydrogen) atoms. The van der Waals surface area contributed by atoms with Crippen LogP contribution in [-0.2, 0) is 11.2 Å². The molecule has 0 spiro atoms. The van der Waals surface area contributed by atoms with Gasteiger partial charge in [-0.05, 0) is 45.6 Å². The maximum Gasteiger partial charge on any atom is 0.0807 e. The first-order chi connectivity index (χ1) is 8.18. The Kier molecular flexibility index (Phi) is 2.75. The Morgan fingerprint density at radius 2 is 2.24 bits per heavy atom. The third kappa shape index (κ3) is 1.72. The van der Waals surface area contributed by atoms with E-state index in [4.69, 9.17) is 4.74 Å². The lowest BCUT2D eigenvalue weighted by Crippen LogP contribution is -2.21. The molecule has 1 aromatic rings. The lowest BCUT2D eigenvalue weighted by atomic mass is 9.95. The van der Waals surface area contributed by atoms with E-state index < -0.39 is 0 Å². The summed E-state index contributed by atoms with van der Waals surface area (Å²) in [5.74, 6) is 0. The number of nitrogens with zero attached hydrogens (tertiary/aromatic N) is 1. The number of hydrogen-bond donors (Lipinski definition) is 1. The molecule has 1 aromatic heterocycles. The number of hydrogen-bond acceptors (Lipinski definition) is 2. The fraction of sp³-hybridized carbons (Fsp3) is 0.714. The number of fused-ring (bicyclic) bond motifs is 1. The lowest BCUT2D eigenvalue weighted by molar-refractivity contribution is 0.106. The highest BCUT2D eigenvalue weighted by Crippen LogP contribution is 2.37. The Morgan fingerprint density at radius 1 is 1.41 bits per heavy atom. The van der Waals surface area contributed by atoms with Crippen LogP contribution in [0.15, 0.2) is 6.07 Å². The van der Waals surface area contributed by atoms with Crippen LogP contribution in [-0.4, -0.2) is 22.4 Å². The third-order valence-corrected chi connectivity index (χ3v) is 4.29. The van der Waals surface area contributed by atoms with Gasteiger partial charge in [0.05, 0.1) is 18.2 Å². The van der Waals surface area contributed by atoms with Gasteiger partial charge in [-0.2, -0.15) is 0 Å². The zero-order valence-electron chi connectivity index (χ0n) is 10.6. The van der Waals surface area contributed by atoms with Crippen LogP contribution < -0.4 is 0 Å². The molecule has 3 heteroatoms. The lowest BCUT2D eigenvalue weighted by Gasteiger charge is -2.25. The van der Waals surface area contributed by atoms with Crippen LogP contribution in [0.1, 0.15) is 55.3 Å². The van der Waals surface area contributed by atoms with Crippen molar-refractivity contribution >= 4 is 0 Å². The van der Waals surface area contributed by atoms with Gasteiger partial charge in [-0.3, -0.25) is 0 Å². The molecule has 1 saturated heterocycles. The second-order valence-electron chi connectivity index (χ2n) is 5.40. The van der Waals surface area contributed by atoms with E-state index >= 15 is 0 Å². The quantitative estimate of drug-likeness (QED) is 0.811. The van der Waals surface area contributed by atoms with Crippen molar-refractivity contribution in [3.8, 4) is 0 Å². The smallest absolute Gasteiger partial charge is 0.0807 e. The molecule has 2 aliphatic rings. The molecule has 1 aliphatic carbocycles. The fourth-order valence-corrected chi connectivity index (χ4v) is 3.42. The van der Waals surface area contributed by atoms with Crippen LogP contribution in [0.4, 0.5) is 0 Å². The van der Waals surface area contributed by atoms with Crippen LogP contribution in [0, 0.1) is 6.92 Å². The zero-order chi connectivity index (χ0) is 12.0. The Labute approximate surface area is 102 Å². The van der Waals surface area contributed by atoms with Crippen LogP contribution in [0.5, 0.6) is 0 Å². The average molecular weight is 235 g/mol. The first-order valence-corrected chi connectivity index (χ1v) is 6.68. The molecule has 94 valence electrons. The van der Waals surface area contributed by atoms with Crippen molar-refractivity contribution in [2.75, 3.05) is 6.61 Å². The van der Waals surface area contributed by atoms with Crippen LogP contribution in [0.2, 0.25) is 0 Å². The fourth-order valence-electron chi connectivity index (χ4n) is 3.42. The largest absolute Gasteiger partial charge is 0.388 e. The molecule has 0 bridgehead atoms. The normalized spacial score (nSPS) is 32.8. The third-order valence-electron chi connectivity index (χ3n) is 4.29. The van der Waals surface area contributed by atoms with Crippen molar-refractivity contribution < 1.29 is 9.84 Å². The molecule has 0 aromatic carbocycles. The van der Waals surface area contributed by atoms with Crippen molar-refractivity contribution in [2.24, 2.45) is 0 Å². The van der Waals surface area contributed by atoms with Gasteiger partial charge in [0.25, 0.3) is 0 Å². The summed E-state index contributed by atoms with van der Waals surface area (Å²) in [7, 11) is 0. The Hall–Kier alpha value is -0.800. The topological polar surface area (TPSA) is 34.4 Å². The van der Waals surface area contributed by atoms with Gasteiger partial charge in [0.2, 0.25) is 0 Å². The van der Waals surface area contributed by atoms with E-state index in [1.54, 1.807) is 0 Å². The van der Waals surface area contributed by atoms with Crippen molar-refractivity contribution in [1.29, 1.82) is 0 Å². The highest BCUT2D eigenvalue weighted by atomic mass is 16.5. The van der Waals surface area contributed by atoms with Gasteiger partial charge in [-0.1, -0.05) is 0 Å². The summed E-state index contributed by atoms with van der Waals surface area (Å²) < 4.78 is 8.10. The second kappa shape index (κ2) is 4.14. The minimum Gasteiger partial charge on any atom is -0.388 e. The van der Waals surface area contributed by atoms with E-state index in [0.717, 1.165) is 37.9 Å². The molecule has 3 atom stereocenters. The first kappa shape index (κ1) is 11.3. The predicted octanol–water partition coefficient (Wildman–Crippen LogP) is 2.52. The number of aliphatic hydroxyl groups is 1. The summed E-state index contributed by atoms with van der Waals surface area (Å²) in [5.41, 5.74) is 3.79. The summed E-state index contributed by atoms with van der Waals surface area (Å²) in [6.45, 7) is 5.17. The summed E-state index contributed by atoms with van der Waals surface area (Å²) in [6, 6.07) is 2.63. The molecular weight excluding hydrogens is 214 g/mol. The monoisotopic (exact) mass is 235 g/mol. The maximum atomic E-state index is 10.1. The second-order valence-corrected chi connectivity index (χ2v) is 5.40. The van der Waals surface area contributed by atoms with Crippen molar-refractivity contribution in [1.82, 2.24) is 4.57 Å². The molecule has 1 N–H and O–H groups in total. The number of aromatic nitrogens is 1. The highest BCUT2D eigenvalue weighted by Gasteiger charge is 2.31. The number of rotatable bonds is 1. The van der Waals surface area contributed by atoms with Gasteiger partial charge in [0.15, 0.2) is 0 Å². The zero-order valence-corrected chi connectivity index (χ0v) is 10.6. The molecule has 0 radical (unpaired) electrons. The van der Waals surface area contributed by atoms with Crippen molar-refractivity contribution in [2.45, 2.75) is 57.8 Å². The van der Waals surface area contributed by atoms with Gasteiger partial charge in [0, 0.05) is 23.6 Å². The Bertz CT molecular complexity index is 424. The first-order valence-electron chi connectivity index (χ1n) is 6.68. The molecular formula is C14H21NO2. The molecule has 3 nitrogen and oxygen atoms in total. The molecule has 0 saturated carbocycles. The molecule has 3 unspecified atom stereocenters. The summed E-state index contributed by atoms with van der Waals surface area (Å²) in [6.07, 6.45) is 4.25. The van der Waals surface area contributed by atoms with Crippen LogP contribution >= 0.6 is 0 Å². The van der Waals surface area contributed by atoms with Crippen molar-refractivity contribution in [3.05, 3.63) is 23.0 Å². The van der Waals surface area contributed by atoms with E-state index in [1.165, 1.54) is 11.4 Å². The van der Waals surface area contributed by atoms with Gasteiger partial charge >= 0.3 is 0 Å². The molecule has 1 aliphatic heterocycles. The number of aryl methyl sites for hydroxylation is 1. The van der Waals surface area contributed by atoms with Gasteiger partial charge in [-0.25, -0.2) is 0 Å². The SMILES string of the molecule is Cc1cc2c(n1C1CCOC1C)CCCC2O. The summed E-state index contributed by atoms with van der Waals surface area (Å²) >= 11 is 0. The minimum absolute atomic E-state index is 0.253. The van der Waals surface area contributed by atoms with Crippen LogP contribution in [0.25, 0.3) is 0 Å². The number of ether oxygens (including phenoxy) is 1. The van der Waals surface area contributed by atoms with Crippen LogP contribution in [0.3, 0.4) is 0 Å².